The fourth-order valence-electron chi connectivity index (χ4n) is 1.99. The third-order valence-corrected chi connectivity index (χ3v) is 3.22. The predicted octanol–water partition coefficient (Wildman–Crippen LogP) is 2.73. The Labute approximate surface area is 124 Å². The highest BCUT2D eigenvalue weighted by molar-refractivity contribution is 6.32. The topological polar surface area (TPSA) is 64.1 Å². The summed E-state index contributed by atoms with van der Waals surface area (Å²) in [5.74, 6) is 0.679. The summed E-state index contributed by atoms with van der Waals surface area (Å²) >= 11 is 11.4. The maximum Gasteiger partial charge on any atom is 0.266 e. The Kier molecular flexibility index (Phi) is 3.46. The molecule has 1 aliphatic heterocycles. The van der Waals surface area contributed by atoms with Crippen LogP contribution >= 0.6 is 23.2 Å². The first kappa shape index (κ1) is 13.1. The molecule has 3 rings (SSSR count). The molecule has 1 atom stereocenters. The number of hydrogen-bond acceptors (Lipinski definition) is 4. The SMILES string of the molecule is O=C(Nc1cc(Cl)nc(Cl)n1)C1Cc2ccccc2O1. The fraction of sp³-hybridized carbons (Fsp3) is 0.154. The summed E-state index contributed by atoms with van der Waals surface area (Å²) in [5.41, 5.74) is 1.01. The first-order valence-corrected chi connectivity index (χ1v) is 6.63. The van der Waals surface area contributed by atoms with Crippen LogP contribution in [0, 0.1) is 0 Å². The molecule has 0 aliphatic carbocycles. The number of carbonyl (C=O) groups is 1. The van der Waals surface area contributed by atoms with Crippen LogP contribution in [0.4, 0.5) is 5.82 Å². The number of anilines is 1. The molecule has 1 aromatic carbocycles. The molecule has 0 saturated carbocycles. The van der Waals surface area contributed by atoms with E-state index in [1.807, 2.05) is 24.3 Å². The third-order valence-electron chi connectivity index (χ3n) is 2.86. The third kappa shape index (κ3) is 2.69. The molecule has 0 bridgehead atoms. The molecule has 1 aromatic heterocycles. The van der Waals surface area contributed by atoms with Crippen LogP contribution in [0.2, 0.25) is 10.4 Å². The maximum absolute atomic E-state index is 12.1. The fourth-order valence-corrected chi connectivity index (χ4v) is 2.40. The summed E-state index contributed by atoms with van der Waals surface area (Å²) in [7, 11) is 0. The molecule has 102 valence electrons. The first-order chi connectivity index (χ1) is 9.61. The molecular formula is C13H9Cl2N3O2. The highest BCUT2D eigenvalue weighted by atomic mass is 35.5. The van der Waals surface area contributed by atoms with E-state index in [2.05, 4.69) is 15.3 Å². The van der Waals surface area contributed by atoms with Crippen molar-refractivity contribution in [1.29, 1.82) is 0 Å². The van der Waals surface area contributed by atoms with Crippen molar-refractivity contribution in [1.82, 2.24) is 9.97 Å². The van der Waals surface area contributed by atoms with Crippen LogP contribution in [0.3, 0.4) is 0 Å². The molecule has 20 heavy (non-hydrogen) atoms. The van der Waals surface area contributed by atoms with E-state index in [0.717, 1.165) is 11.3 Å². The van der Waals surface area contributed by atoms with Gasteiger partial charge in [0.25, 0.3) is 5.91 Å². The Bertz CT molecular complexity index is 633. The summed E-state index contributed by atoms with van der Waals surface area (Å²) in [6.45, 7) is 0. The van der Waals surface area contributed by atoms with Crippen LogP contribution in [-0.4, -0.2) is 22.0 Å². The van der Waals surface area contributed by atoms with Gasteiger partial charge in [0.2, 0.25) is 5.28 Å². The molecule has 5 nitrogen and oxygen atoms in total. The lowest BCUT2D eigenvalue weighted by molar-refractivity contribution is -0.122. The van der Waals surface area contributed by atoms with E-state index < -0.39 is 6.10 Å². The van der Waals surface area contributed by atoms with Crippen molar-refractivity contribution < 1.29 is 9.53 Å². The zero-order chi connectivity index (χ0) is 14.1. The Balaban J connectivity index is 1.72. The van der Waals surface area contributed by atoms with Crippen molar-refractivity contribution in [2.75, 3.05) is 5.32 Å². The van der Waals surface area contributed by atoms with Crippen molar-refractivity contribution in [2.24, 2.45) is 0 Å². The largest absolute Gasteiger partial charge is 0.480 e. The van der Waals surface area contributed by atoms with Crippen molar-refractivity contribution >= 4 is 34.9 Å². The molecule has 1 unspecified atom stereocenters. The van der Waals surface area contributed by atoms with Gasteiger partial charge in [-0.05, 0) is 23.2 Å². The van der Waals surface area contributed by atoms with Crippen molar-refractivity contribution in [3.8, 4) is 5.75 Å². The van der Waals surface area contributed by atoms with E-state index in [1.165, 1.54) is 6.07 Å². The van der Waals surface area contributed by atoms with Gasteiger partial charge in [0.15, 0.2) is 6.10 Å². The smallest absolute Gasteiger partial charge is 0.266 e. The van der Waals surface area contributed by atoms with Crippen LogP contribution < -0.4 is 10.1 Å². The summed E-state index contributed by atoms with van der Waals surface area (Å²) in [5, 5.41) is 2.75. The summed E-state index contributed by atoms with van der Waals surface area (Å²) in [4.78, 5) is 19.7. The van der Waals surface area contributed by atoms with E-state index in [-0.39, 0.29) is 22.2 Å². The number of fused-ring (bicyclic) bond motifs is 1. The van der Waals surface area contributed by atoms with Crippen LogP contribution in [0.25, 0.3) is 0 Å². The van der Waals surface area contributed by atoms with Crippen LogP contribution in [-0.2, 0) is 11.2 Å². The number of aromatic nitrogens is 2. The van der Waals surface area contributed by atoms with Gasteiger partial charge in [-0.25, -0.2) is 9.97 Å². The molecule has 1 aliphatic rings. The van der Waals surface area contributed by atoms with Gasteiger partial charge in [-0.3, -0.25) is 4.79 Å². The van der Waals surface area contributed by atoms with Gasteiger partial charge < -0.3 is 10.1 Å². The number of para-hydroxylation sites is 1. The van der Waals surface area contributed by atoms with Gasteiger partial charge in [0, 0.05) is 12.5 Å². The Morgan fingerprint density at radius 1 is 1.30 bits per heavy atom. The Morgan fingerprint density at radius 3 is 2.85 bits per heavy atom. The molecule has 0 radical (unpaired) electrons. The highest BCUT2D eigenvalue weighted by Gasteiger charge is 2.29. The average molecular weight is 310 g/mol. The first-order valence-electron chi connectivity index (χ1n) is 5.87. The van der Waals surface area contributed by atoms with Crippen molar-refractivity contribution in [3.05, 3.63) is 46.3 Å². The number of nitrogens with one attached hydrogen (secondary N) is 1. The van der Waals surface area contributed by atoms with Gasteiger partial charge >= 0.3 is 0 Å². The summed E-state index contributed by atoms with van der Waals surface area (Å²) in [6.07, 6.45) is -0.0610. The van der Waals surface area contributed by atoms with Crippen LogP contribution in [0.1, 0.15) is 5.56 Å². The Morgan fingerprint density at radius 2 is 2.10 bits per heavy atom. The number of hydrogen-bond donors (Lipinski definition) is 1. The van der Waals surface area contributed by atoms with E-state index in [9.17, 15) is 4.79 Å². The number of amides is 1. The molecule has 1 N–H and O–H groups in total. The monoisotopic (exact) mass is 309 g/mol. The van der Waals surface area contributed by atoms with Gasteiger partial charge in [0.05, 0.1) is 0 Å². The zero-order valence-electron chi connectivity index (χ0n) is 10.1. The van der Waals surface area contributed by atoms with Gasteiger partial charge in [0.1, 0.15) is 16.7 Å². The summed E-state index contributed by atoms with van der Waals surface area (Å²) in [6, 6.07) is 8.96. The Hall–Kier alpha value is -1.85. The number of carbonyl (C=O) groups excluding carboxylic acids is 1. The van der Waals surface area contributed by atoms with Gasteiger partial charge in [-0.2, -0.15) is 0 Å². The number of ether oxygens (including phenoxy) is 1. The second-order valence-electron chi connectivity index (χ2n) is 4.25. The molecule has 1 amide bonds. The van der Waals surface area contributed by atoms with E-state index in [1.54, 1.807) is 0 Å². The van der Waals surface area contributed by atoms with Crippen LogP contribution in [0.5, 0.6) is 5.75 Å². The highest BCUT2D eigenvalue weighted by Crippen LogP contribution is 2.28. The lowest BCUT2D eigenvalue weighted by Crippen LogP contribution is -2.31. The quantitative estimate of drug-likeness (QED) is 0.684. The molecule has 7 heteroatoms. The van der Waals surface area contributed by atoms with Gasteiger partial charge in [-0.15, -0.1) is 0 Å². The van der Waals surface area contributed by atoms with Crippen LogP contribution in [0.15, 0.2) is 30.3 Å². The average Bonchev–Trinajstić information content (AvgIpc) is 2.81. The molecule has 2 aromatic rings. The van der Waals surface area contributed by atoms with Gasteiger partial charge in [-0.1, -0.05) is 29.8 Å². The number of halogens is 2. The molecular weight excluding hydrogens is 301 g/mol. The van der Waals surface area contributed by atoms with Crippen molar-refractivity contribution in [3.63, 3.8) is 0 Å². The van der Waals surface area contributed by atoms with E-state index in [0.29, 0.717) is 6.42 Å². The molecule has 0 saturated heterocycles. The second-order valence-corrected chi connectivity index (χ2v) is 4.98. The lowest BCUT2D eigenvalue weighted by Gasteiger charge is -2.10. The maximum atomic E-state index is 12.1. The predicted molar refractivity (Wildman–Crippen MR) is 75.2 cm³/mol. The standard InChI is InChI=1S/C13H9Cl2N3O2/c14-10-6-11(18-13(15)16-10)17-12(19)9-5-7-3-1-2-4-8(7)20-9/h1-4,6,9H,5H2,(H,16,17,18,19). The van der Waals surface area contributed by atoms with Crippen molar-refractivity contribution in [2.45, 2.75) is 12.5 Å². The number of rotatable bonds is 2. The normalized spacial score (nSPS) is 16.4. The second kappa shape index (κ2) is 5.26. The van der Waals surface area contributed by atoms with E-state index >= 15 is 0 Å². The summed E-state index contributed by atoms with van der Waals surface area (Å²) < 4.78 is 5.58. The minimum absolute atomic E-state index is 0.0246. The van der Waals surface area contributed by atoms with E-state index in [4.69, 9.17) is 27.9 Å². The molecule has 0 spiro atoms. The minimum atomic E-state index is -0.583. The molecule has 0 fully saturated rings. The minimum Gasteiger partial charge on any atom is -0.480 e. The number of nitrogens with zero attached hydrogens (tertiary/aromatic N) is 2. The molecule has 2 heterocycles. The number of benzene rings is 1. The zero-order valence-corrected chi connectivity index (χ0v) is 11.6. The lowest BCUT2D eigenvalue weighted by atomic mass is 10.1.